The van der Waals surface area contributed by atoms with Crippen LogP contribution in [0.15, 0.2) is 164 Å². The average molecular weight is 797 g/mol. The summed E-state index contributed by atoms with van der Waals surface area (Å²) >= 11 is 3.93. The molecule has 0 radical (unpaired) electrons. The van der Waals surface area contributed by atoms with Gasteiger partial charge >= 0.3 is 0 Å². The lowest BCUT2D eigenvalue weighted by molar-refractivity contribution is 0.590. The van der Waals surface area contributed by atoms with Gasteiger partial charge in [-0.25, -0.2) is 0 Å². The van der Waals surface area contributed by atoms with Crippen molar-refractivity contribution >= 4 is 98.7 Å². The lowest BCUT2D eigenvalue weighted by Gasteiger charge is -2.42. The van der Waals surface area contributed by atoms with Crippen LogP contribution in [0.25, 0.3) is 42.4 Å². The number of hydrogen-bond donors (Lipinski definition) is 0. The molecule has 0 N–H and O–H groups in total. The third kappa shape index (κ3) is 5.73. The fraction of sp³-hybridized carbons (Fsp3) is 0.148. The van der Waals surface area contributed by atoms with Crippen molar-refractivity contribution in [2.45, 2.75) is 52.4 Å². The summed E-state index contributed by atoms with van der Waals surface area (Å²) in [5.74, 6) is 0. The standard InChI is InChI=1S/C54H45BN2S2/c1-53(2,3)36-24-28-38(29-25-36)56-44-32-35(41-19-11-10-18-40(41)34-16-8-7-9-17-34)33-45-48(44)55(51-49(56)42-20-12-14-22-46(42)58-51)52-50(43-21-13-15-23-47(43)59-52)57(45)39-30-26-37(27-31-39)54(4,5)6/h7-33H,1-6H3. The van der Waals surface area contributed by atoms with Gasteiger partial charge in [0.2, 0.25) is 0 Å². The second-order valence-corrected chi connectivity index (χ2v) is 20.3. The lowest BCUT2D eigenvalue weighted by Crippen LogP contribution is -2.59. The Morgan fingerprint density at radius 1 is 0.424 bits per heavy atom. The smallest absolute Gasteiger partial charge is 0.277 e. The summed E-state index contributed by atoms with van der Waals surface area (Å²) in [6.45, 7) is 13.9. The monoisotopic (exact) mass is 796 g/mol. The first-order valence-electron chi connectivity index (χ1n) is 20.7. The highest BCUT2D eigenvalue weighted by Crippen LogP contribution is 2.52. The molecule has 7 aromatic carbocycles. The van der Waals surface area contributed by atoms with Gasteiger partial charge in [0, 0.05) is 52.5 Å². The Balaban J connectivity index is 1.28. The number of anilines is 6. The number of fused-ring (bicyclic) bond motifs is 8. The third-order valence-electron chi connectivity index (χ3n) is 12.4. The third-order valence-corrected chi connectivity index (χ3v) is 14.8. The zero-order valence-corrected chi connectivity index (χ0v) is 36.0. The Hall–Kier alpha value is -5.88. The maximum Gasteiger partial charge on any atom is 0.277 e. The molecule has 0 aliphatic carbocycles. The van der Waals surface area contributed by atoms with Crippen LogP contribution in [-0.4, -0.2) is 6.71 Å². The van der Waals surface area contributed by atoms with Gasteiger partial charge in [0.05, 0.1) is 11.4 Å². The SMILES string of the molecule is CC(C)(C)c1ccc(N2c3cc(-c4ccccc4-c4ccccc4)cc4c3B(c3sc5ccccc5c32)c2sc3ccccc3c2N4c2ccc(C(C)(C)C)cc2)cc1. The van der Waals surface area contributed by atoms with E-state index in [4.69, 9.17) is 0 Å². The Bertz CT molecular complexity index is 2910. The minimum Gasteiger partial charge on any atom is -0.310 e. The largest absolute Gasteiger partial charge is 0.310 e. The normalized spacial score (nSPS) is 13.5. The fourth-order valence-electron chi connectivity index (χ4n) is 9.38. The van der Waals surface area contributed by atoms with Gasteiger partial charge in [0.25, 0.3) is 6.71 Å². The average Bonchev–Trinajstić information content (AvgIpc) is 3.82. The first-order chi connectivity index (χ1) is 28.5. The molecular weight excluding hydrogens is 752 g/mol. The molecular formula is C54H45BN2S2. The lowest BCUT2D eigenvalue weighted by atomic mass is 9.39. The summed E-state index contributed by atoms with van der Waals surface area (Å²) in [6, 6.07) is 61.6. The zero-order valence-electron chi connectivity index (χ0n) is 34.4. The second kappa shape index (κ2) is 13.3. The molecule has 0 unspecified atom stereocenters. The van der Waals surface area contributed by atoms with Crippen LogP contribution in [-0.2, 0) is 10.8 Å². The Morgan fingerprint density at radius 3 is 1.29 bits per heavy atom. The summed E-state index contributed by atoms with van der Waals surface area (Å²) in [5.41, 5.74) is 16.4. The Morgan fingerprint density at radius 2 is 0.831 bits per heavy atom. The molecule has 59 heavy (non-hydrogen) atoms. The van der Waals surface area contributed by atoms with E-state index in [2.05, 4.69) is 215 Å². The quantitative estimate of drug-likeness (QED) is 0.164. The molecule has 2 aliphatic rings. The van der Waals surface area contributed by atoms with Crippen molar-refractivity contribution < 1.29 is 0 Å². The first-order valence-corrected chi connectivity index (χ1v) is 22.3. The predicted octanol–water partition coefficient (Wildman–Crippen LogP) is 14.1. The van der Waals surface area contributed by atoms with Crippen molar-refractivity contribution in [3.8, 4) is 22.3 Å². The number of benzene rings is 7. The molecule has 0 saturated heterocycles. The number of hydrogen-bond acceptors (Lipinski definition) is 4. The van der Waals surface area contributed by atoms with Crippen LogP contribution >= 0.6 is 22.7 Å². The molecule has 0 saturated carbocycles. The van der Waals surface area contributed by atoms with Gasteiger partial charge in [-0.1, -0.05) is 157 Å². The maximum absolute atomic E-state index is 2.60. The summed E-state index contributed by atoms with van der Waals surface area (Å²) in [4.78, 5) is 5.20. The first kappa shape index (κ1) is 36.2. The minimum absolute atomic E-state index is 0.0482. The van der Waals surface area contributed by atoms with Crippen LogP contribution in [0.2, 0.25) is 0 Å². The molecule has 286 valence electrons. The summed E-state index contributed by atoms with van der Waals surface area (Å²) in [7, 11) is 0. The van der Waals surface area contributed by atoms with E-state index in [-0.39, 0.29) is 17.5 Å². The highest BCUT2D eigenvalue weighted by molar-refractivity contribution is 7.40. The highest BCUT2D eigenvalue weighted by atomic mass is 32.1. The molecule has 0 bridgehead atoms. The molecule has 4 heterocycles. The van der Waals surface area contributed by atoms with Crippen molar-refractivity contribution in [1.82, 2.24) is 0 Å². The van der Waals surface area contributed by atoms with E-state index in [1.807, 2.05) is 22.7 Å². The summed E-state index contributed by atoms with van der Waals surface area (Å²) in [6.07, 6.45) is 0. The van der Waals surface area contributed by atoms with E-state index in [1.165, 1.54) is 103 Å². The van der Waals surface area contributed by atoms with E-state index >= 15 is 0 Å². The molecule has 0 amide bonds. The van der Waals surface area contributed by atoms with Crippen LogP contribution in [0.5, 0.6) is 0 Å². The number of nitrogens with zero attached hydrogens (tertiary/aromatic N) is 2. The highest BCUT2D eigenvalue weighted by Gasteiger charge is 2.47. The second-order valence-electron chi connectivity index (χ2n) is 18.2. The van der Waals surface area contributed by atoms with Gasteiger partial charge in [-0.05, 0) is 98.2 Å². The predicted molar refractivity (Wildman–Crippen MR) is 260 cm³/mol. The van der Waals surface area contributed by atoms with Crippen molar-refractivity contribution in [3.05, 3.63) is 175 Å². The minimum atomic E-state index is 0.0482. The maximum atomic E-state index is 2.60. The van der Waals surface area contributed by atoms with Gasteiger partial charge in [0.1, 0.15) is 0 Å². The van der Waals surface area contributed by atoms with E-state index < -0.39 is 0 Å². The zero-order chi connectivity index (χ0) is 40.2. The van der Waals surface area contributed by atoms with Crippen LogP contribution in [0, 0.1) is 0 Å². The molecule has 0 fully saturated rings. The van der Waals surface area contributed by atoms with E-state index in [9.17, 15) is 0 Å². The van der Waals surface area contributed by atoms with E-state index in [0.29, 0.717) is 0 Å². The van der Waals surface area contributed by atoms with Crippen LogP contribution in [0.4, 0.5) is 34.1 Å². The van der Waals surface area contributed by atoms with Gasteiger partial charge in [-0.15, -0.1) is 22.7 Å². The number of thiophene rings is 2. The molecule has 2 aromatic heterocycles. The molecule has 2 aliphatic heterocycles. The summed E-state index contributed by atoms with van der Waals surface area (Å²) < 4.78 is 5.46. The molecule has 2 nitrogen and oxygen atoms in total. The fourth-order valence-corrected chi connectivity index (χ4v) is 12.1. The molecule has 0 spiro atoms. The number of rotatable bonds is 4. The molecule has 9 aromatic rings. The van der Waals surface area contributed by atoms with Crippen LogP contribution < -0.4 is 24.8 Å². The van der Waals surface area contributed by atoms with E-state index in [0.717, 1.165) is 0 Å². The van der Waals surface area contributed by atoms with Crippen LogP contribution in [0.1, 0.15) is 52.7 Å². The van der Waals surface area contributed by atoms with Crippen molar-refractivity contribution in [2.75, 3.05) is 9.80 Å². The van der Waals surface area contributed by atoms with Gasteiger partial charge < -0.3 is 9.80 Å². The van der Waals surface area contributed by atoms with Crippen molar-refractivity contribution in [2.24, 2.45) is 0 Å². The van der Waals surface area contributed by atoms with Crippen LogP contribution in [0.3, 0.4) is 0 Å². The topological polar surface area (TPSA) is 6.48 Å². The van der Waals surface area contributed by atoms with Crippen molar-refractivity contribution in [1.29, 1.82) is 0 Å². The molecule has 11 rings (SSSR count). The van der Waals surface area contributed by atoms with Gasteiger partial charge in [0.15, 0.2) is 0 Å². The summed E-state index contributed by atoms with van der Waals surface area (Å²) in [5, 5.41) is 2.61. The van der Waals surface area contributed by atoms with E-state index in [1.54, 1.807) is 0 Å². The van der Waals surface area contributed by atoms with Crippen molar-refractivity contribution in [3.63, 3.8) is 0 Å². The Kier molecular flexibility index (Phi) is 8.18. The molecule has 5 heteroatoms. The van der Waals surface area contributed by atoms with Gasteiger partial charge in [-0.3, -0.25) is 0 Å². The molecule has 0 atom stereocenters. The van der Waals surface area contributed by atoms with Gasteiger partial charge in [-0.2, -0.15) is 0 Å². The Labute approximate surface area is 356 Å².